The number of nitrogens with zero attached hydrogens (tertiary/aromatic N) is 3. The van der Waals surface area contributed by atoms with Crippen molar-refractivity contribution in [3.8, 4) is 11.1 Å². The minimum atomic E-state index is -3.98. The molecule has 0 radical (unpaired) electrons. The number of piperidine rings is 2. The first-order chi connectivity index (χ1) is 23.3. The van der Waals surface area contributed by atoms with Crippen molar-refractivity contribution in [2.75, 3.05) is 40.7 Å². The topological polar surface area (TPSA) is 73.0 Å². The third-order valence-electron chi connectivity index (χ3n) is 9.93. The Labute approximate surface area is 293 Å². The second-order valence-corrected chi connectivity index (χ2v) is 15.7. The number of carbonyl (C=O) groups is 1. The highest BCUT2D eigenvalue weighted by molar-refractivity contribution is 7.92. The Morgan fingerprint density at radius 1 is 0.771 bits per heavy atom. The molecule has 0 aliphatic carbocycles. The van der Waals surface area contributed by atoms with Gasteiger partial charge in [-0.25, -0.2) is 8.42 Å². The van der Waals surface area contributed by atoms with Crippen LogP contribution < -0.4 is 14.5 Å². The van der Waals surface area contributed by atoms with Gasteiger partial charge in [0.25, 0.3) is 0 Å². The number of para-hydroxylation sites is 1. The maximum absolute atomic E-state index is 14.3. The molecule has 1 amide bonds. The summed E-state index contributed by atoms with van der Waals surface area (Å²) in [6, 6.07) is 27.9. The molecule has 48 heavy (non-hydrogen) atoms. The van der Waals surface area contributed by atoms with E-state index in [9.17, 15) is 13.2 Å². The lowest BCUT2D eigenvalue weighted by molar-refractivity contribution is -0.116. The number of fused-ring (bicyclic) bond motifs is 3. The number of rotatable bonds is 8. The Morgan fingerprint density at radius 3 is 2.19 bits per heavy atom. The summed E-state index contributed by atoms with van der Waals surface area (Å²) in [6.45, 7) is 4.53. The summed E-state index contributed by atoms with van der Waals surface area (Å²) >= 11 is 12.4. The van der Waals surface area contributed by atoms with Crippen LogP contribution in [-0.4, -0.2) is 51.4 Å². The van der Waals surface area contributed by atoms with Crippen LogP contribution in [0.2, 0.25) is 10.0 Å². The summed E-state index contributed by atoms with van der Waals surface area (Å²) in [5.74, 6) is -0.561. The largest absolute Gasteiger partial charge is 0.371 e. The van der Waals surface area contributed by atoms with Crippen molar-refractivity contribution in [1.29, 1.82) is 0 Å². The van der Waals surface area contributed by atoms with E-state index < -0.39 is 16.1 Å². The van der Waals surface area contributed by atoms with Crippen LogP contribution in [0.15, 0.2) is 91.0 Å². The molecule has 0 saturated carbocycles. The first-order valence-electron chi connectivity index (χ1n) is 16.8. The first kappa shape index (κ1) is 33.0. The predicted octanol–water partition coefficient (Wildman–Crippen LogP) is 8.54. The first-order valence-corrected chi connectivity index (χ1v) is 19.2. The number of anilines is 3. The van der Waals surface area contributed by atoms with Crippen molar-refractivity contribution in [3.05, 3.63) is 112 Å². The Bertz CT molecular complexity index is 1890. The Hall–Kier alpha value is -3.56. The zero-order valence-electron chi connectivity index (χ0n) is 26.8. The molecular formula is C38H40Cl2N4O3S. The minimum absolute atomic E-state index is 0.0578. The summed E-state index contributed by atoms with van der Waals surface area (Å²) < 4.78 is 30.0. The van der Waals surface area contributed by atoms with Gasteiger partial charge in [0.05, 0.1) is 33.9 Å². The number of amides is 1. The summed E-state index contributed by atoms with van der Waals surface area (Å²) in [6.07, 6.45) is 6.29. The number of nitrogens with one attached hydrogen (secondary N) is 1. The van der Waals surface area contributed by atoms with Gasteiger partial charge >= 0.3 is 0 Å². The zero-order chi connectivity index (χ0) is 33.3. The standard InChI is InChI=1S/C38H40Cl2N4O3S/c39-34-17-12-27(24-35(34)40)26-48(46,47)44-36-11-5-4-9-32(36)31-8-2-3-10-33(31)37(44)25-38(45)41-28-13-15-29(16-14-28)43-22-18-30(19-23-43)42-20-6-1-7-21-42/h2-5,8-17,24,30,37H,1,6-7,18-23,25-26H2,(H,41,45). The van der Waals surface area contributed by atoms with Gasteiger partial charge in [-0.05, 0) is 97.9 Å². The van der Waals surface area contributed by atoms with E-state index >= 15 is 0 Å². The van der Waals surface area contributed by atoms with Crippen molar-refractivity contribution in [2.24, 2.45) is 0 Å². The van der Waals surface area contributed by atoms with E-state index in [1.165, 1.54) is 49.5 Å². The van der Waals surface area contributed by atoms with Gasteiger partial charge in [0, 0.05) is 36.1 Å². The maximum Gasteiger partial charge on any atom is 0.239 e. The van der Waals surface area contributed by atoms with E-state index in [1.54, 1.807) is 24.3 Å². The molecule has 2 saturated heterocycles. The van der Waals surface area contributed by atoms with Gasteiger partial charge in [-0.2, -0.15) is 0 Å². The number of carbonyl (C=O) groups excluding carboxylic acids is 1. The van der Waals surface area contributed by atoms with Crippen molar-refractivity contribution in [2.45, 2.75) is 56.4 Å². The highest BCUT2D eigenvalue weighted by Crippen LogP contribution is 2.48. The highest BCUT2D eigenvalue weighted by atomic mass is 35.5. The number of hydrogen-bond donors (Lipinski definition) is 1. The quantitative estimate of drug-likeness (QED) is 0.199. The fraction of sp³-hybridized carbons (Fsp3) is 0.342. The van der Waals surface area contributed by atoms with Gasteiger partial charge in [0.1, 0.15) is 0 Å². The highest BCUT2D eigenvalue weighted by Gasteiger charge is 2.39. The molecule has 2 fully saturated rings. The van der Waals surface area contributed by atoms with Crippen LogP contribution >= 0.6 is 23.2 Å². The number of sulfonamides is 1. The van der Waals surface area contributed by atoms with Crippen molar-refractivity contribution >= 4 is 56.2 Å². The maximum atomic E-state index is 14.3. The van der Waals surface area contributed by atoms with Crippen molar-refractivity contribution < 1.29 is 13.2 Å². The lowest BCUT2D eigenvalue weighted by atomic mass is 9.88. The van der Waals surface area contributed by atoms with E-state index in [0.29, 0.717) is 28.0 Å². The van der Waals surface area contributed by atoms with Crippen LogP contribution in [0.25, 0.3) is 11.1 Å². The van der Waals surface area contributed by atoms with Crippen LogP contribution in [-0.2, 0) is 20.6 Å². The molecule has 1 N–H and O–H groups in total. The van der Waals surface area contributed by atoms with Crippen LogP contribution in [0.1, 0.15) is 55.7 Å². The average molecular weight is 704 g/mol. The second kappa shape index (κ2) is 14.1. The normalized spacial score (nSPS) is 18.7. The van der Waals surface area contributed by atoms with Crippen LogP contribution in [0.4, 0.5) is 17.1 Å². The molecule has 3 heterocycles. The number of halogens is 2. The van der Waals surface area contributed by atoms with E-state index in [-0.39, 0.29) is 23.1 Å². The summed E-state index contributed by atoms with van der Waals surface area (Å²) in [5, 5.41) is 3.69. The van der Waals surface area contributed by atoms with E-state index in [4.69, 9.17) is 23.2 Å². The van der Waals surface area contributed by atoms with Crippen molar-refractivity contribution in [1.82, 2.24) is 4.90 Å². The minimum Gasteiger partial charge on any atom is -0.371 e. The summed E-state index contributed by atoms with van der Waals surface area (Å²) in [4.78, 5) is 18.8. The molecule has 4 aromatic carbocycles. The van der Waals surface area contributed by atoms with Gasteiger partial charge in [0.2, 0.25) is 15.9 Å². The van der Waals surface area contributed by atoms with E-state index in [2.05, 4.69) is 27.2 Å². The van der Waals surface area contributed by atoms with Crippen LogP contribution in [0, 0.1) is 0 Å². The lowest BCUT2D eigenvalue weighted by Gasteiger charge is -2.41. The smallest absolute Gasteiger partial charge is 0.239 e. The van der Waals surface area contributed by atoms with Gasteiger partial charge in [-0.1, -0.05) is 78.2 Å². The monoisotopic (exact) mass is 702 g/mol. The van der Waals surface area contributed by atoms with Crippen LogP contribution in [0.5, 0.6) is 0 Å². The fourth-order valence-corrected chi connectivity index (χ4v) is 9.68. The summed E-state index contributed by atoms with van der Waals surface area (Å²) in [7, 11) is -3.98. The predicted molar refractivity (Wildman–Crippen MR) is 197 cm³/mol. The molecule has 0 bridgehead atoms. The third-order valence-corrected chi connectivity index (χ3v) is 12.4. The molecule has 7 rings (SSSR count). The molecule has 1 unspecified atom stereocenters. The van der Waals surface area contributed by atoms with Crippen LogP contribution in [0.3, 0.4) is 0 Å². The average Bonchev–Trinajstić information content (AvgIpc) is 3.10. The van der Waals surface area contributed by atoms with Gasteiger partial charge in [-0.3, -0.25) is 9.10 Å². The second-order valence-electron chi connectivity index (χ2n) is 13.0. The number of likely N-dealkylation sites (tertiary alicyclic amines) is 1. The molecule has 3 aliphatic rings. The molecule has 0 aromatic heterocycles. The molecule has 3 aliphatic heterocycles. The third kappa shape index (κ3) is 6.95. The Kier molecular flexibility index (Phi) is 9.70. The summed E-state index contributed by atoms with van der Waals surface area (Å²) in [5.41, 5.74) is 5.40. The Morgan fingerprint density at radius 2 is 1.46 bits per heavy atom. The Balaban J connectivity index is 1.09. The molecule has 0 spiro atoms. The lowest BCUT2D eigenvalue weighted by Crippen LogP contribution is -2.46. The molecular weight excluding hydrogens is 663 g/mol. The van der Waals surface area contributed by atoms with E-state index in [0.717, 1.165) is 35.5 Å². The van der Waals surface area contributed by atoms with Gasteiger partial charge in [-0.15, -0.1) is 0 Å². The molecule has 4 aromatic rings. The molecule has 10 heteroatoms. The molecule has 250 valence electrons. The fourth-order valence-electron chi connectivity index (χ4n) is 7.58. The number of hydrogen-bond acceptors (Lipinski definition) is 5. The van der Waals surface area contributed by atoms with Gasteiger partial charge < -0.3 is 15.1 Å². The molecule has 1 atom stereocenters. The van der Waals surface area contributed by atoms with Gasteiger partial charge in [0.15, 0.2) is 0 Å². The zero-order valence-corrected chi connectivity index (χ0v) is 29.2. The van der Waals surface area contributed by atoms with Crippen molar-refractivity contribution in [3.63, 3.8) is 0 Å². The molecule has 7 nitrogen and oxygen atoms in total. The SMILES string of the molecule is O=C(CC1c2ccccc2-c2ccccc2N1S(=O)(=O)Cc1ccc(Cl)c(Cl)c1)Nc1ccc(N2CCC(N3CCCCC3)CC2)cc1. The van der Waals surface area contributed by atoms with E-state index in [1.807, 2.05) is 54.6 Å². The number of benzene rings is 4.